The molecule has 4 N–H and O–H groups in total. The molecule has 0 spiro atoms. The summed E-state index contributed by atoms with van der Waals surface area (Å²) >= 11 is 6.14. The zero-order valence-electron chi connectivity index (χ0n) is 13.7. The van der Waals surface area contributed by atoms with Crippen molar-refractivity contribution in [3.05, 3.63) is 28.4 Å². The lowest BCUT2D eigenvalue weighted by Crippen LogP contribution is -2.32. The van der Waals surface area contributed by atoms with Gasteiger partial charge < -0.3 is 25.8 Å². The van der Waals surface area contributed by atoms with Crippen LogP contribution in [-0.4, -0.2) is 43.5 Å². The summed E-state index contributed by atoms with van der Waals surface area (Å²) in [5.41, 5.74) is 6.33. The van der Waals surface area contributed by atoms with E-state index in [9.17, 15) is 4.79 Å². The number of nitrogens with one attached hydrogen (secondary N) is 2. The van der Waals surface area contributed by atoms with Crippen LogP contribution in [0.5, 0.6) is 11.5 Å². The number of rotatable bonds is 8. The first-order valence-corrected chi connectivity index (χ1v) is 7.42. The van der Waals surface area contributed by atoms with E-state index in [4.69, 9.17) is 26.8 Å². The number of halogens is 2. The van der Waals surface area contributed by atoms with Crippen LogP contribution in [0.4, 0.5) is 5.82 Å². The maximum atomic E-state index is 11.7. The fourth-order valence-corrected chi connectivity index (χ4v) is 2.32. The molecule has 1 aromatic carbocycles. The molecule has 0 aliphatic heterocycles. The molecule has 138 valence electrons. The highest BCUT2D eigenvalue weighted by molar-refractivity contribution is 6.32. The molecule has 0 saturated carbocycles. The quantitative estimate of drug-likeness (QED) is 0.574. The van der Waals surface area contributed by atoms with Gasteiger partial charge in [0, 0.05) is 19.6 Å². The zero-order chi connectivity index (χ0) is 17.5. The average Bonchev–Trinajstić information content (AvgIpc) is 2.99. The van der Waals surface area contributed by atoms with E-state index in [1.807, 2.05) is 6.07 Å². The second-order valence-corrected chi connectivity index (χ2v) is 5.15. The largest absolute Gasteiger partial charge is 0.493 e. The van der Waals surface area contributed by atoms with Gasteiger partial charge in [-0.15, -0.1) is 12.4 Å². The van der Waals surface area contributed by atoms with Gasteiger partial charge in [-0.1, -0.05) is 11.6 Å². The molecule has 0 bridgehead atoms. The molecule has 1 heterocycles. The number of anilines is 1. The van der Waals surface area contributed by atoms with Gasteiger partial charge in [0.25, 0.3) is 5.91 Å². The summed E-state index contributed by atoms with van der Waals surface area (Å²) in [6, 6.07) is 3.62. The third kappa shape index (κ3) is 5.38. The molecule has 2 rings (SSSR count). The summed E-state index contributed by atoms with van der Waals surface area (Å²) in [6.07, 6.45) is 0. The van der Waals surface area contributed by atoms with E-state index in [0.29, 0.717) is 36.2 Å². The van der Waals surface area contributed by atoms with Crippen molar-refractivity contribution >= 4 is 35.7 Å². The molecule has 25 heavy (non-hydrogen) atoms. The fourth-order valence-electron chi connectivity index (χ4n) is 2.01. The number of ether oxygens (including phenoxy) is 2. The van der Waals surface area contributed by atoms with Crippen molar-refractivity contribution in [3.8, 4) is 11.5 Å². The number of amides is 1. The Morgan fingerprint density at radius 2 is 2.04 bits per heavy atom. The van der Waals surface area contributed by atoms with Gasteiger partial charge in [-0.25, -0.2) is 4.63 Å². The minimum atomic E-state index is -0.440. The molecule has 0 radical (unpaired) electrons. The number of hydrogen-bond donors (Lipinski definition) is 3. The number of carbonyl (C=O) groups is 1. The van der Waals surface area contributed by atoms with Gasteiger partial charge in [0.1, 0.15) is 0 Å². The highest BCUT2D eigenvalue weighted by Crippen LogP contribution is 2.35. The van der Waals surface area contributed by atoms with Crippen LogP contribution in [0.3, 0.4) is 0 Å². The van der Waals surface area contributed by atoms with E-state index in [-0.39, 0.29) is 23.9 Å². The molecule has 0 aliphatic rings. The third-order valence-electron chi connectivity index (χ3n) is 3.14. The molecule has 2 aromatic rings. The molecule has 0 aliphatic carbocycles. The molecule has 1 amide bonds. The smallest absolute Gasteiger partial charge is 0.277 e. The number of hydrogen-bond acceptors (Lipinski definition) is 8. The standard InChI is InChI=1S/C14H18ClN5O4.ClH/c1-22-10-6-8(5-9(15)12(10)23-2)7-17-3-4-18-14(21)11-13(16)20-24-19-11;/h5-6,17H,3-4,7H2,1-2H3,(H2,16,20)(H,18,21);1H. The highest BCUT2D eigenvalue weighted by atomic mass is 35.5. The fraction of sp³-hybridized carbons (Fsp3) is 0.357. The van der Waals surface area contributed by atoms with E-state index in [2.05, 4.69) is 25.6 Å². The molecule has 0 saturated heterocycles. The summed E-state index contributed by atoms with van der Waals surface area (Å²) in [6.45, 7) is 1.46. The predicted octanol–water partition coefficient (Wildman–Crippen LogP) is 1.26. The molecular formula is C14H19Cl2N5O4. The van der Waals surface area contributed by atoms with Gasteiger partial charge in [0.15, 0.2) is 11.5 Å². The lowest BCUT2D eigenvalue weighted by atomic mass is 10.2. The van der Waals surface area contributed by atoms with Crippen LogP contribution in [0, 0.1) is 0 Å². The van der Waals surface area contributed by atoms with Gasteiger partial charge in [0.05, 0.1) is 19.2 Å². The molecule has 0 fully saturated rings. The number of methoxy groups -OCH3 is 2. The maximum Gasteiger partial charge on any atom is 0.277 e. The summed E-state index contributed by atoms with van der Waals surface area (Å²) in [5.74, 6) is 0.572. The number of nitrogens with two attached hydrogens (primary N) is 1. The summed E-state index contributed by atoms with van der Waals surface area (Å²) in [7, 11) is 3.08. The van der Waals surface area contributed by atoms with Crippen LogP contribution in [0.15, 0.2) is 16.8 Å². The van der Waals surface area contributed by atoms with Crippen molar-refractivity contribution in [1.82, 2.24) is 20.9 Å². The average molecular weight is 392 g/mol. The Kier molecular flexibility index (Phi) is 8.26. The lowest BCUT2D eigenvalue weighted by molar-refractivity contribution is 0.0944. The number of nitrogens with zero attached hydrogens (tertiary/aromatic N) is 2. The lowest BCUT2D eigenvalue weighted by Gasteiger charge is -2.12. The van der Waals surface area contributed by atoms with E-state index in [0.717, 1.165) is 5.56 Å². The molecule has 9 nitrogen and oxygen atoms in total. The van der Waals surface area contributed by atoms with Crippen LogP contribution in [0.1, 0.15) is 16.1 Å². The minimum Gasteiger partial charge on any atom is -0.493 e. The summed E-state index contributed by atoms with van der Waals surface area (Å²) < 4.78 is 14.8. The van der Waals surface area contributed by atoms with Crippen LogP contribution >= 0.6 is 24.0 Å². The second-order valence-electron chi connectivity index (χ2n) is 4.74. The van der Waals surface area contributed by atoms with Crippen molar-refractivity contribution in [2.75, 3.05) is 33.0 Å². The first-order chi connectivity index (χ1) is 11.6. The Morgan fingerprint density at radius 3 is 2.64 bits per heavy atom. The maximum absolute atomic E-state index is 11.7. The first-order valence-electron chi connectivity index (χ1n) is 7.04. The first kappa shape index (κ1) is 20.8. The van der Waals surface area contributed by atoms with Crippen molar-refractivity contribution < 1.29 is 18.9 Å². The minimum absolute atomic E-state index is 0. The predicted molar refractivity (Wildman–Crippen MR) is 94.6 cm³/mol. The summed E-state index contributed by atoms with van der Waals surface area (Å²) in [5, 5.41) is 13.1. The third-order valence-corrected chi connectivity index (χ3v) is 3.42. The Morgan fingerprint density at radius 1 is 1.28 bits per heavy atom. The van der Waals surface area contributed by atoms with Gasteiger partial charge in [-0.2, -0.15) is 0 Å². The van der Waals surface area contributed by atoms with Crippen LogP contribution in [0.25, 0.3) is 0 Å². The SMILES string of the molecule is COc1cc(CNCCNC(=O)c2nonc2N)cc(Cl)c1OC.Cl. The van der Waals surface area contributed by atoms with Gasteiger partial charge in [-0.3, -0.25) is 4.79 Å². The van der Waals surface area contributed by atoms with Crippen molar-refractivity contribution in [2.45, 2.75) is 6.54 Å². The molecule has 11 heteroatoms. The van der Waals surface area contributed by atoms with Gasteiger partial charge in [0.2, 0.25) is 11.5 Å². The Balaban J connectivity index is 0.00000312. The van der Waals surface area contributed by atoms with E-state index in [1.54, 1.807) is 13.2 Å². The van der Waals surface area contributed by atoms with E-state index >= 15 is 0 Å². The van der Waals surface area contributed by atoms with Crippen molar-refractivity contribution in [2.24, 2.45) is 0 Å². The topological polar surface area (TPSA) is 125 Å². The number of aromatic nitrogens is 2. The molecule has 1 aromatic heterocycles. The molecular weight excluding hydrogens is 373 g/mol. The summed E-state index contributed by atoms with van der Waals surface area (Å²) in [4.78, 5) is 11.7. The van der Waals surface area contributed by atoms with Crippen molar-refractivity contribution in [1.29, 1.82) is 0 Å². The Hall–Kier alpha value is -2.23. The zero-order valence-corrected chi connectivity index (χ0v) is 15.2. The second kappa shape index (κ2) is 9.92. The van der Waals surface area contributed by atoms with E-state index < -0.39 is 5.91 Å². The van der Waals surface area contributed by atoms with Crippen LogP contribution in [0.2, 0.25) is 5.02 Å². The van der Waals surface area contributed by atoms with Gasteiger partial charge in [-0.05, 0) is 28.0 Å². The normalized spacial score (nSPS) is 10.0. The van der Waals surface area contributed by atoms with Crippen molar-refractivity contribution in [3.63, 3.8) is 0 Å². The van der Waals surface area contributed by atoms with Gasteiger partial charge >= 0.3 is 0 Å². The number of carbonyl (C=O) groups excluding carboxylic acids is 1. The number of benzene rings is 1. The molecule has 0 atom stereocenters. The van der Waals surface area contributed by atoms with E-state index in [1.165, 1.54) is 7.11 Å². The van der Waals surface area contributed by atoms with Crippen LogP contribution < -0.4 is 25.8 Å². The van der Waals surface area contributed by atoms with Crippen LogP contribution in [-0.2, 0) is 6.54 Å². The highest BCUT2D eigenvalue weighted by Gasteiger charge is 2.15. The Labute approximate surface area is 155 Å². The number of nitrogen functional groups attached to an aromatic ring is 1. The Bertz CT molecular complexity index is 711. The molecule has 0 unspecified atom stereocenters. The monoisotopic (exact) mass is 391 g/mol.